The zero-order valence-corrected chi connectivity index (χ0v) is 10.4. The number of nitrogens with one attached hydrogen (secondary N) is 1. The third kappa shape index (κ3) is 3.46. The maximum Gasteiger partial charge on any atom is 0.270 e. The van der Waals surface area contributed by atoms with Crippen LogP contribution in [-0.2, 0) is 0 Å². The van der Waals surface area contributed by atoms with Crippen molar-refractivity contribution in [3.05, 3.63) is 40.8 Å². The summed E-state index contributed by atoms with van der Waals surface area (Å²) in [6.45, 7) is 0.810. The van der Waals surface area contributed by atoms with Gasteiger partial charge in [0.2, 0.25) is 0 Å². The van der Waals surface area contributed by atoms with E-state index in [4.69, 9.17) is 10.5 Å². The van der Waals surface area contributed by atoms with Crippen LogP contribution in [0.1, 0.15) is 10.5 Å². The van der Waals surface area contributed by atoms with Gasteiger partial charge < -0.3 is 15.8 Å². The van der Waals surface area contributed by atoms with Gasteiger partial charge >= 0.3 is 0 Å². The predicted molar refractivity (Wildman–Crippen MR) is 70.8 cm³/mol. The van der Waals surface area contributed by atoms with Crippen LogP contribution in [0.15, 0.2) is 35.2 Å². The van der Waals surface area contributed by atoms with E-state index in [1.54, 1.807) is 23.0 Å². The largest absolute Gasteiger partial charge is 0.492 e. The fraction of sp³-hybridized carbons (Fsp3) is 0.167. The highest BCUT2D eigenvalue weighted by atomic mass is 32.1. The third-order valence-electron chi connectivity index (χ3n) is 2.18. The number of ether oxygens (including phenoxy) is 1. The first-order valence-corrected chi connectivity index (χ1v) is 6.35. The molecule has 0 bridgehead atoms. The number of hydrogen-bond donors (Lipinski definition) is 2. The van der Waals surface area contributed by atoms with E-state index in [0.29, 0.717) is 30.3 Å². The molecule has 0 unspecified atom stereocenters. The Bertz CT molecular complexity index is 514. The van der Waals surface area contributed by atoms with Gasteiger partial charge in [0, 0.05) is 17.1 Å². The van der Waals surface area contributed by atoms with Crippen molar-refractivity contribution >= 4 is 22.9 Å². The molecule has 6 heteroatoms. The van der Waals surface area contributed by atoms with Crippen LogP contribution in [0.25, 0.3) is 0 Å². The summed E-state index contributed by atoms with van der Waals surface area (Å²) in [5.41, 5.74) is 8.33. The Morgan fingerprint density at radius 1 is 1.50 bits per heavy atom. The van der Waals surface area contributed by atoms with Crippen molar-refractivity contribution < 1.29 is 9.53 Å². The summed E-state index contributed by atoms with van der Waals surface area (Å²) >= 11 is 1.39. The molecule has 3 N–H and O–H groups in total. The Morgan fingerprint density at radius 2 is 2.39 bits per heavy atom. The fourth-order valence-corrected chi connectivity index (χ4v) is 1.89. The van der Waals surface area contributed by atoms with Gasteiger partial charge in [-0.2, -0.15) is 0 Å². The molecular formula is C12H13N3O2S. The summed E-state index contributed by atoms with van der Waals surface area (Å²) in [7, 11) is 0. The summed E-state index contributed by atoms with van der Waals surface area (Å²) < 4.78 is 5.44. The maximum atomic E-state index is 11.5. The normalized spacial score (nSPS) is 10.0. The molecule has 5 nitrogen and oxygen atoms in total. The van der Waals surface area contributed by atoms with Gasteiger partial charge in [-0.1, -0.05) is 6.07 Å². The van der Waals surface area contributed by atoms with Gasteiger partial charge in [-0.05, 0) is 12.1 Å². The second kappa shape index (κ2) is 6.02. The van der Waals surface area contributed by atoms with Crippen LogP contribution in [0.2, 0.25) is 0 Å². The summed E-state index contributed by atoms with van der Waals surface area (Å²) in [5, 5.41) is 4.42. The first-order chi connectivity index (χ1) is 8.75. The van der Waals surface area contributed by atoms with Crippen molar-refractivity contribution in [2.75, 3.05) is 18.9 Å². The summed E-state index contributed by atoms with van der Waals surface area (Å²) in [5.74, 6) is 0.505. The monoisotopic (exact) mass is 263 g/mol. The van der Waals surface area contributed by atoms with E-state index in [1.165, 1.54) is 11.3 Å². The molecule has 0 aliphatic carbocycles. The van der Waals surface area contributed by atoms with E-state index in [9.17, 15) is 4.79 Å². The Kier molecular flexibility index (Phi) is 4.14. The quantitative estimate of drug-likeness (QED) is 0.633. The second-order valence-corrected chi connectivity index (χ2v) is 4.27. The van der Waals surface area contributed by atoms with Crippen molar-refractivity contribution in [3.63, 3.8) is 0 Å². The molecular weight excluding hydrogens is 250 g/mol. The average molecular weight is 263 g/mol. The summed E-state index contributed by atoms with van der Waals surface area (Å²) in [4.78, 5) is 15.4. The first-order valence-electron chi connectivity index (χ1n) is 5.40. The van der Waals surface area contributed by atoms with Crippen molar-refractivity contribution in [1.82, 2.24) is 10.3 Å². The van der Waals surface area contributed by atoms with E-state index in [0.717, 1.165) is 0 Å². The van der Waals surface area contributed by atoms with Gasteiger partial charge in [0.25, 0.3) is 5.91 Å². The molecule has 1 aromatic carbocycles. The van der Waals surface area contributed by atoms with E-state index in [2.05, 4.69) is 10.3 Å². The molecule has 0 aliphatic rings. The standard InChI is InChI=1S/C12H13N3O2S/c13-9-2-1-3-10(6-9)17-5-4-14-12(16)11-7-18-8-15-11/h1-3,6-8H,4-5,13H2,(H,14,16). The molecule has 1 aromatic heterocycles. The number of rotatable bonds is 5. The highest BCUT2D eigenvalue weighted by Crippen LogP contribution is 2.13. The maximum absolute atomic E-state index is 11.5. The number of nitrogens with zero attached hydrogens (tertiary/aromatic N) is 1. The Balaban J connectivity index is 1.72. The molecule has 1 heterocycles. The van der Waals surface area contributed by atoms with Gasteiger partial charge in [-0.25, -0.2) is 4.98 Å². The molecule has 1 amide bonds. The van der Waals surface area contributed by atoms with Gasteiger partial charge in [-0.15, -0.1) is 11.3 Å². The van der Waals surface area contributed by atoms with Crippen molar-refractivity contribution in [1.29, 1.82) is 0 Å². The highest BCUT2D eigenvalue weighted by Gasteiger charge is 2.05. The number of anilines is 1. The van der Waals surface area contributed by atoms with Crippen LogP contribution in [-0.4, -0.2) is 24.0 Å². The molecule has 0 aliphatic heterocycles. The number of benzene rings is 1. The van der Waals surface area contributed by atoms with Crippen molar-refractivity contribution in [2.45, 2.75) is 0 Å². The van der Waals surface area contributed by atoms with Crippen molar-refractivity contribution in [2.24, 2.45) is 0 Å². The lowest BCUT2D eigenvalue weighted by molar-refractivity contribution is 0.0942. The minimum absolute atomic E-state index is 0.188. The van der Waals surface area contributed by atoms with E-state index in [-0.39, 0.29) is 5.91 Å². The number of carbonyl (C=O) groups excluding carboxylic acids is 1. The van der Waals surface area contributed by atoms with Gasteiger partial charge in [0.05, 0.1) is 12.1 Å². The van der Waals surface area contributed by atoms with Crippen LogP contribution in [0.5, 0.6) is 5.75 Å². The predicted octanol–water partition coefficient (Wildman–Crippen LogP) is 1.53. The topological polar surface area (TPSA) is 77.2 Å². The van der Waals surface area contributed by atoms with Gasteiger partial charge in [-0.3, -0.25) is 4.79 Å². The lowest BCUT2D eigenvalue weighted by atomic mass is 10.3. The van der Waals surface area contributed by atoms with Crippen molar-refractivity contribution in [3.8, 4) is 5.75 Å². The Morgan fingerprint density at radius 3 is 3.11 bits per heavy atom. The molecule has 0 spiro atoms. The number of carbonyl (C=O) groups is 1. The molecule has 0 radical (unpaired) electrons. The zero-order chi connectivity index (χ0) is 12.8. The number of thiazole rings is 1. The van der Waals surface area contributed by atoms with E-state index < -0.39 is 0 Å². The lowest BCUT2D eigenvalue weighted by Gasteiger charge is -2.07. The van der Waals surface area contributed by atoms with E-state index >= 15 is 0 Å². The SMILES string of the molecule is Nc1cccc(OCCNC(=O)c2cscn2)c1. The molecule has 0 saturated heterocycles. The minimum Gasteiger partial charge on any atom is -0.492 e. The molecule has 0 fully saturated rings. The van der Waals surface area contributed by atoms with Gasteiger partial charge in [0.15, 0.2) is 0 Å². The molecule has 2 rings (SSSR count). The summed E-state index contributed by atoms with van der Waals surface area (Å²) in [6, 6.07) is 7.16. The summed E-state index contributed by atoms with van der Waals surface area (Å²) in [6.07, 6.45) is 0. The van der Waals surface area contributed by atoms with Crippen LogP contribution in [0, 0.1) is 0 Å². The molecule has 0 saturated carbocycles. The highest BCUT2D eigenvalue weighted by molar-refractivity contribution is 7.07. The van der Waals surface area contributed by atoms with Crippen LogP contribution in [0.4, 0.5) is 5.69 Å². The van der Waals surface area contributed by atoms with Crippen LogP contribution < -0.4 is 15.8 Å². The number of nitrogens with two attached hydrogens (primary N) is 1. The molecule has 94 valence electrons. The van der Waals surface area contributed by atoms with E-state index in [1.807, 2.05) is 12.1 Å². The van der Waals surface area contributed by atoms with Crippen LogP contribution >= 0.6 is 11.3 Å². The molecule has 18 heavy (non-hydrogen) atoms. The van der Waals surface area contributed by atoms with Gasteiger partial charge in [0.1, 0.15) is 18.1 Å². The lowest BCUT2D eigenvalue weighted by Crippen LogP contribution is -2.28. The Hall–Kier alpha value is -2.08. The number of amides is 1. The molecule has 2 aromatic rings. The third-order valence-corrected chi connectivity index (χ3v) is 2.77. The first kappa shape index (κ1) is 12.4. The Labute approximate surface area is 109 Å². The average Bonchev–Trinajstić information content (AvgIpc) is 2.88. The van der Waals surface area contributed by atoms with Crippen LogP contribution in [0.3, 0.4) is 0 Å². The number of nitrogen functional groups attached to an aromatic ring is 1. The second-order valence-electron chi connectivity index (χ2n) is 3.55. The minimum atomic E-state index is -0.188. The number of aromatic nitrogens is 1. The smallest absolute Gasteiger partial charge is 0.270 e. The zero-order valence-electron chi connectivity index (χ0n) is 9.63. The molecule has 0 atom stereocenters. The fourth-order valence-electron chi connectivity index (χ4n) is 1.35. The number of hydrogen-bond acceptors (Lipinski definition) is 5.